The van der Waals surface area contributed by atoms with Gasteiger partial charge in [-0.15, -0.1) is 0 Å². The monoisotopic (exact) mass is 464 g/mol. The van der Waals surface area contributed by atoms with Crippen molar-refractivity contribution in [3.63, 3.8) is 0 Å². The number of halogens is 1. The fourth-order valence-corrected chi connectivity index (χ4v) is 4.72. The fourth-order valence-electron chi connectivity index (χ4n) is 4.72. The quantitative estimate of drug-likeness (QED) is 0.487. The van der Waals surface area contributed by atoms with Crippen molar-refractivity contribution in [1.82, 2.24) is 15.3 Å². The van der Waals surface area contributed by atoms with Gasteiger partial charge in [0, 0.05) is 35.8 Å². The topological polar surface area (TPSA) is 97.5 Å². The predicted molar refractivity (Wildman–Crippen MR) is 123 cm³/mol. The summed E-state index contributed by atoms with van der Waals surface area (Å²) in [6.45, 7) is 3.13. The number of fused-ring (bicyclic) bond motifs is 3. The summed E-state index contributed by atoms with van der Waals surface area (Å²) < 4.78 is 31.5. The normalized spacial score (nSPS) is 24.4. The van der Waals surface area contributed by atoms with Gasteiger partial charge in [-0.3, -0.25) is 9.78 Å². The molecule has 3 N–H and O–H groups in total. The van der Waals surface area contributed by atoms with Gasteiger partial charge in [-0.05, 0) is 31.5 Å². The number of pyridine rings is 1. The smallest absolute Gasteiger partial charge is 0.255 e. The van der Waals surface area contributed by atoms with Crippen LogP contribution in [0.15, 0.2) is 36.7 Å². The number of methoxy groups -OCH3 is 1. The molecule has 1 saturated heterocycles. The van der Waals surface area contributed by atoms with Gasteiger partial charge in [-0.25, -0.2) is 4.39 Å². The third-order valence-corrected chi connectivity index (χ3v) is 6.83. The number of ether oxygens (including phenoxy) is 3. The molecule has 3 atom stereocenters. The average molecular weight is 464 g/mol. The lowest BCUT2D eigenvalue weighted by atomic mass is 9.99. The SMILES string of the molecule is COc1c(F)cccc1Nc1c(-c2ccncc2OC[C@]2(C)CCO2)[nH]c2c1C(=O)NC1C[C@H]21. The predicted octanol–water partition coefficient (Wildman–Crippen LogP) is 4.13. The van der Waals surface area contributed by atoms with Gasteiger partial charge in [0.2, 0.25) is 0 Å². The van der Waals surface area contributed by atoms with Gasteiger partial charge in [-0.2, -0.15) is 0 Å². The minimum Gasteiger partial charge on any atom is -0.492 e. The van der Waals surface area contributed by atoms with Crippen LogP contribution in [0.4, 0.5) is 15.8 Å². The first-order valence-corrected chi connectivity index (χ1v) is 11.3. The van der Waals surface area contributed by atoms with E-state index in [1.54, 1.807) is 24.5 Å². The molecule has 0 spiro atoms. The van der Waals surface area contributed by atoms with Crippen molar-refractivity contribution in [1.29, 1.82) is 0 Å². The van der Waals surface area contributed by atoms with Gasteiger partial charge < -0.3 is 29.8 Å². The summed E-state index contributed by atoms with van der Waals surface area (Å²) >= 11 is 0. The molecule has 3 aliphatic rings. The number of hydrogen-bond donors (Lipinski definition) is 3. The van der Waals surface area contributed by atoms with E-state index >= 15 is 0 Å². The van der Waals surface area contributed by atoms with Crippen molar-refractivity contribution in [2.45, 2.75) is 37.3 Å². The van der Waals surface area contributed by atoms with E-state index in [9.17, 15) is 9.18 Å². The van der Waals surface area contributed by atoms with Crippen LogP contribution >= 0.6 is 0 Å². The van der Waals surface area contributed by atoms with E-state index in [1.807, 2.05) is 13.0 Å². The molecule has 1 saturated carbocycles. The summed E-state index contributed by atoms with van der Waals surface area (Å²) in [7, 11) is 1.41. The maximum atomic E-state index is 14.4. The third kappa shape index (κ3) is 3.38. The summed E-state index contributed by atoms with van der Waals surface area (Å²) in [5.74, 6) is 0.211. The number of aromatic nitrogens is 2. The average Bonchev–Trinajstić information content (AvgIpc) is 3.49. The number of carbonyl (C=O) groups excluding carboxylic acids is 1. The Morgan fingerprint density at radius 2 is 2.21 bits per heavy atom. The molecule has 9 heteroatoms. The van der Waals surface area contributed by atoms with Crippen LogP contribution in [0.3, 0.4) is 0 Å². The van der Waals surface area contributed by atoms with Crippen molar-refractivity contribution in [3.05, 3.63) is 53.7 Å². The van der Waals surface area contributed by atoms with Gasteiger partial charge in [0.15, 0.2) is 11.6 Å². The van der Waals surface area contributed by atoms with Crippen molar-refractivity contribution in [2.24, 2.45) is 0 Å². The number of rotatable bonds is 7. The molecule has 1 aromatic carbocycles. The van der Waals surface area contributed by atoms with E-state index in [1.165, 1.54) is 13.2 Å². The maximum absolute atomic E-state index is 14.4. The minimum absolute atomic E-state index is 0.0742. The highest BCUT2D eigenvalue weighted by Gasteiger charge is 2.48. The zero-order chi connectivity index (χ0) is 23.4. The van der Waals surface area contributed by atoms with Gasteiger partial charge in [0.25, 0.3) is 5.91 Å². The van der Waals surface area contributed by atoms with Gasteiger partial charge in [0.1, 0.15) is 18.0 Å². The van der Waals surface area contributed by atoms with Crippen LogP contribution in [0.2, 0.25) is 0 Å². The molecule has 4 heterocycles. The molecule has 1 unspecified atom stereocenters. The second-order valence-electron chi connectivity index (χ2n) is 9.24. The number of benzene rings is 1. The van der Waals surface area contributed by atoms with Crippen LogP contribution in [0.1, 0.15) is 41.7 Å². The molecule has 0 bridgehead atoms. The summed E-state index contributed by atoms with van der Waals surface area (Å²) in [6.07, 6.45) is 5.14. The molecule has 1 aliphatic carbocycles. The highest BCUT2D eigenvalue weighted by Crippen LogP contribution is 2.51. The van der Waals surface area contributed by atoms with E-state index in [4.69, 9.17) is 14.2 Å². The molecule has 0 radical (unpaired) electrons. The number of hydrogen-bond acceptors (Lipinski definition) is 6. The van der Waals surface area contributed by atoms with Crippen LogP contribution in [0, 0.1) is 5.82 Å². The zero-order valence-corrected chi connectivity index (χ0v) is 18.9. The molecule has 2 aromatic heterocycles. The van der Waals surface area contributed by atoms with Crippen LogP contribution in [-0.2, 0) is 4.74 Å². The lowest BCUT2D eigenvalue weighted by molar-refractivity contribution is -0.152. The maximum Gasteiger partial charge on any atom is 0.255 e. The Morgan fingerprint density at radius 1 is 1.35 bits per heavy atom. The Bertz CT molecular complexity index is 1290. The van der Waals surface area contributed by atoms with E-state index in [-0.39, 0.29) is 29.2 Å². The number of amides is 1. The third-order valence-electron chi connectivity index (χ3n) is 6.83. The Balaban J connectivity index is 1.46. The highest BCUT2D eigenvalue weighted by molar-refractivity contribution is 6.07. The van der Waals surface area contributed by atoms with Crippen molar-refractivity contribution < 1.29 is 23.4 Å². The van der Waals surface area contributed by atoms with Crippen molar-refractivity contribution >= 4 is 17.3 Å². The number of H-pyrrole nitrogens is 1. The van der Waals surface area contributed by atoms with Crippen LogP contribution in [-0.4, -0.2) is 47.8 Å². The van der Waals surface area contributed by atoms with E-state index in [0.29, 0.717) is 35.0 Å². The first-order chi connectivity index (χ1) is 16.5. The summed E-state index contributed by atoms with van der Waals surface area (Å²) in [5, 5.41) is 6.32. The lowest BCUT2D eigenvalue weighted by Gasteiger charge is -2.38. The standard InChI is InChI=1S/C25H25FN4O4/c1-25(7-9-34-25)12-33-18-11-27-8-6-13(18)21-22(28-16-5-3-4-15(26)23(16)32-2)19-20(30-21)14-10-17(14)29-24(19)31/h3-6,8,11,14,17,28,30H,7,9-10,12H2,1-2H3,(H,29,31)/t14-,17?,25-/m0/s1. The number of aromatic amines is 1. The summed E-state index contributed by atoms with van der Waals surface area (Å²) in [6, 6.07) is 6.62. The van der Waals surface area contributed by atoms with E-state index in [2.05, 4.69) is 20.6 Å². The van der Waals surface area contributed by atoms with Crippen LogP contribution in [0.5, 0.6) is 11.5 Å². The molecule has 2 fully saturated rings. The molecule has 8 nitrogen and oxygen atoms in total. The van der Waals surface area contributed by atoms with E-state index in [0.717, 1.165) is 30.7 Å². The molecule has 2 aliphatic heterocycles. The number of anilines is 2. The van der Waals surface area contributed by atoms with Crippen LogP contribution < -0.4 is 20.1 Å². The molecular formula is C25H25FN4O4. The first-order valence-electron chi connectivity index (χ1n) is 11.3. The van der Waals surface area contributed by atoms with Gasteiger partial charge >= 0.3 is 0 Å². The zero-order valence-electron chi connectivity index (χ0n) is 18.9. The molecule has 3 aromatic rings. The second kappa shape index (κ2) is 7.73. The summed E-state index contributed by atoms with van der Waals surface area (Å²) in [5.41, 5.74) is 3.47. The number of nitrogens with one attached hydrogen (secondary N) is 3. The molecular weight excluding hydrogens is 439 g/mol. The van der Waals surface area contributed by atoms with Gasteiger partial charge in [-0.1, -0.05) is 6.07 Å². The number of para-hydroxylation sites is 1. The van der Waals surface area contributed by atoms with Crippen molar-refractivity contribution in [2.75, 3.05) is 25.6 Å². The molecule has 1 amide bonds. The van der Waals surface area contributed by atoms with Crippen LogP contribution in [0.25, 0.3) is 11.3 Å². The molecule has 176 valence electrons. The van der Waals surface area contributed by atoms with E-state index < -0.39 is 5.82 Å². The number of nitrogens with zero attached hydrogens (tertiary/aromatic N) is 1. The summed E-state index contributed by atoms with van der Waals surface area (Å²) in [4.78, 5) is 20.8. The Morgan fingerprint density at radius 3 is 2.97 bits per heavy atom. The Labute approximate surface area is 195 Å². The number of carbonyl (C=O) groups is 1. The van der Waals surface area contributed by atoms with Crippen molar-refractivity contribution in [3.8, 4) is 22.8 Å². The molecule has 6 rings (SSSR count). The first kappa shape index (κ1) is 21.0. The highest BCUT2D eigenvalue weighted by atomic mass is 19.1. The Hall–Kier alpha value is -3.59. The Kier molecular flexibility index (Phi) is 4.77. The largest absolute Gasteiger partial charge is 0.492 e. The second-order valence-corrected chi connectivity index (χ2v) is 9.24. The van der Waals surface area contributed by atoms with Gasteiger partial charge in [0.05, 0.1) is 42.5 Å². The lowest BCUT2D eigenvalue weighted by Crippen LogP contribution is -2.45. The molecule has 34 heavy (non-hydrogen) atoms. The fraction of sp³-hybridized carbons (Fsp3) is 0.360. The minimum atomic E-state index is -0.494.